The van der Waals surface area contributed by atoms with Crippen LogP contribution in [-0.2, 0) is 16.9 Å². The molecule has 0 aliphatic rings. The maximum absolute atomic E-state index is 11.7. The van der Waals surface area contributed by atoms with E-state index in [9.17, 15) is 9.90 Å². The zero-order valence-corrected chi connectivity index (χ0v) is 10.8. The van der Waals surface area contributed by atoms with Crippen LogP contribution < -0.4 is 5.32 Å². The first-order valence-corrected chi connectivity index (χ1v) is 5.57. The summed E-state index contributed by atoms with van der Waals surface area (Å²) in [4.78, 5) is 11.7. The number of nitrogens with one attached hydrogen (secondary N) is 1. The lowest BCUT2D eigenvalue weighted by Gasteiger charge is -2.11. The van der Waals surface area contributed by atoms with Gasteiger partial charge in [0.05, 0.1) is 6.20 Å². The van der Waals surface area contributed by atoms with E-state index in [1.165, 1.54) is 10.9 Å². The average Bonchev–Trinajstić information content (AvgIpc) is 2.87. The van der Waals surface area contributed by atoms with Crippen LogP contribution in [0.25, 0.3) is 0 Å². The first-order valence-electron chi connectivity index (χ1n) is 5.57. The van der Waals surface area contributed by atoms with Gasteiger partial charge in [-0.2, -0.15) is 0 Å². The Labute approximate surface area is 108 Å². The molecule has 0 radical (unpaired) electrons. The monoisotopic (exact) mass is 266 g/mol. The fourth-order valence-corrected chi connectivity index (χ4v) is 1.31. The van der Waals surface area contributed by atoms with Gasteiger partial charge in [0, 0.05) is 6.92 Å². The van der Waals surface area contributed by atoms with Crippen LogP contribution in [-0.4, -0.2) is 36.2 Å². The zero-order chi connectivity index (χ0) is 14.0. The fourth-order valence-electron chi connectivity index (χ4n) is 1.31. The van der Waals surface area contributed by atoms with Crippen LogP contribution in [0, 0.1) is 6.92 Å². The van der Waals surface area contributed by atoms with E-state index in [-0.39, 0.29) is 18.5 Å². The molecule has 102 valence electrons. The van der Waals surface area contributed by atoms with Gasteiger partial charge >= 0.3 is 6.01 Å². The molecule has 2 heterocycles. The molecule has 0 bridgehead atoms. The molecule has 2 N–H and O–H groups in total. The van der Waals surface area contributed by atoms with Gasteiger partial charge in [0.2, 0.25) is 11.8 Å². The number of hydrogen-bond acceptors (Lipinski definition) is 7. The van der Waals surface area contributed by atoms with Crippen molar-refractivity contribution >= 4 is 11.9 Å². The second-order valence-electron chi connectivity index (χ2n) is 4.53. The van der Waals surface area contributed by atoms with Gasteiger partial charge in [0.25, 0.3) is 0 Å². The Bertz CT molecular complexity index is 582. The van der Waals surface area contributed by atoms with Crippen molar-refractivity contribution in [3.63, 3.8) is 0 Å². The SMILES string of the molecule is Cc1nnc(NC(=O)Cn2cc(C(C)(C)O)nn2)o1. The van der Waals surface area contributed by atoms with E-state index >= 15 is 0 Å². The maximum atomic E-state index is 11.7. The molecule has 0 saturated carbocycles. The van der Waals surface area contributed by atoms with E-state index in [1.807, 2.05) is 0 Å². The summed E-state index contributed by atoms with van der Waals surface area (Å²) in [5, 5.41) is 26.9. The Kier molecular flexibility index (Phi) is 3.30. The molecule has 0 fully saturated rings. The quantitative estimate of drug-likeness (QED) is 0.788. The molecule has 2 aromatic heterocycles. The molecule has 0 spiro atoms. The second-order valence-corrected chi connectivity index (χ2v) is 4.53. The minimum Gasteiger partial charge on any atom is -0.408 e. The van der Waals surface area contributed by atoms with Crippen molar-refractivity contribution in [2.45, 2.75) is 32.9 Å². The molecule has 0 atom stereocenters. The number of anilines is 1. The smallest absolute Gasteiger partial charge is 0.322 e. The lowest BCUT2D eigenvalue weighted by atomic mass is 10.1. The third kappa shape index (κ3) is 3.35. The number of amides is 1. The Balaban J connectivity index is 1.97. The highest BCUT2D eigenvalue weighted by Gasteiger charge is 2.20. The summed E-state index contributed by atoms with van der Waals surface area (Å²) in [7, 11) is 0. The van der Waals surface area contributed by atoms with Gasteiger partial charge in [-0.25, -0.2) is 4.68 Å². The molecule has 0 aromatic carbocycles. The van der Waals surface area contributed by atoms with Crippen molar-refractivity contribution in [3.05, 3.63) is 17.8 Å². The van der Waals surface area contributed by atoms with Gasteiger partial charge in [-0.05, 0) is 13.8 Å². The van der Waals surface area contributed by atoms with E-state index in [0.29, 0.717) is 11.6 Å². The molecular formula is C10H14N6O3. The van der Waals surface area contributed by atoms with Crippen molar-refractivity contribution in [2.75, 3.05) is 5.32 Å². The highest BCUT2D eigenvalue weighted by molar-refractivity contribution is 5.88. The molecule has 1 amide bonds. The summed E-state index contributed by atoms with van der Waals surface area (Å²) in [6.45, 7) is 4.73. The topological polar surface area (TPSA) is 119 Å². The van der Waals surface area contributed by atoms with E-state index in [1.54, 1.807) is 20.8 Å². The molecule has 0 saturated heterocycles. The van der Waals surface area contributed by atoms with Gasteiger partial charge in [-0.15, -0.1) is 10.2 Å². The first kappa shape index (κ1) is 13.1. The number of carbonyl (C=O) groups excluding carboxylic acids is 1. The molecule has 9 heteroatoms. The highest BCUT2D eigenvalue weighted by atomic mass is 16.4. The molecule has 19 heavy (non-hydrogen) atoms. The number of aromatic nitrogens is 5. The minimum atomic E-state index is -1.10. The van der Waals surface area contributed by atoms with Crippen molar-refractivity contribution < 1.29 is 14.3 Å². The number of hydrogen-bond donors (Lipinski definition) is 2. The molecular weight excluding hydrogens is 252 g/mol. The molecule has 0 unspecified atom stereocenters. The predicted molar refractivity (Wildman–Crippen MR) is 62.9 cm³/mol. The van der Waals surface area contributed by atoms with Crippen LogP contribution in [0.15, 0.2) is 10.6 Å². The van der Waals surface area contributed by atoms with Crippen LogP contribution in [0.5, 0.6) is 0 Å². The summed E-state index contributed by atoms with van der Waals surface area (Å²) >= 11 is 0. The molecule has 2 aromatic rings. The van der Waals surface area contributed by atoms with Crippen LogP contribution in [0.4, 0.5) is 6.01 Å². The zero-order valence-electron chi connectivity index (χ0n) is 10.8. The van der Waals surface area contributed by atoms with Crippen molar-refractivity contribution in [1.82, 2.24) is 25.2 Å². The molecule has 0 aliphatic carbocycles. The number of carbonyl (C=O) groups is 1. The van der Waals surface area contributed by atoms with Gasteiger partial charge in [-0.1, -0.05) is 10.3 Å². The summed E-state index contributed by atoms with van der Waals surface area (Å²) in [6, 6.07) is 0.0327. The standard InChI is InChI=1S/C10H14N6O3/c1-6-12-14-9(19-6)11-8(17)5-16-4-7(13-15-16)10(2,3)18/h4,18H,5H2,1-3H3,(H,11,14,17). The van der Waals surface area contributed by atoms with E-state index in [2.05, 4.69) is 25.8 Å². The maximum Gasteiger partial charge on any atom is 0.322 e. The Morgan fingerprint density at radius 2 is 2.21 bits per heavy atom. The molecule has 9 nitrogen and oxygen atoms in total. The Morgan fingerprint density at radius 1 is 1.47 bits per heavy atom. The normalized spacial score (nSPS) is 11.6. The number of rotatable bonds is 4. The Morgan fingerprint density at radius 3 is 2.74 bits per heavy atom. The lowest BCUT2D eigenvalue weighted by Crippen LogP contribution is -2.19. The van der Waals surface area contributed by atoms with Gasteiger partial charge < -0.3 is 9.52 Å². The average molecular weight is 266 g/mol. The number of aliphatic hydroxyl groups is 1. The third-order valence-corrected chi connectivity index (χ3v) is 2.24. The van der Waals surface area contributed by atoms with E-state index in [0.717, 1.165) is 0 Å². The van der Waals surface area contributed by atoms with Gasteiger partial charge in [0.1, 0.15) is 17.8 Å². The van der Waals surface area contributed by atoms with Gasteiger partial charge in [0.15, 0.2) is 0 Å². The van der Waals surface area contributed by atoms with Gasteiger partial charge in [-0.3, -0.25) is 10.1 Å². The summed E-state index contributed by atoms with van der Waals surface area (Å²) in [5.74, 6) is -0.0174. The number of aryl methyl sites for hydroxylation is 1. The largest absolute Gasteiger partial charge is 0.408 e. The lowest BCUT2D eigenvalue weighted by molar-refractivity contribution is -0.117. The molecule has 0 aliphatic heterocycles. The van der Waals surface area contributed by atoms with E-state index in [4.69, 9.17) is 4.42 Å². The predicted octanol–water partition coefficient (Wildman–Crippen LogP) is -0.164. The first-order chi connectivity index (χ1) is 8.84. The van der Waals surface area contributed by atoms with E-state index < -0.39 is 5.60 Å². The summed E-state index contributed by atoms with van der Waals surface area (Å²) < 4.78 is 6.32. The molecule has 2 rings (SSSR count). The van der Waals surface area contributed by atoms with Crippen molar-refractivity contribution in [3.8, 4) is 0 Å². The van der Waals surface area contributed by atoms with Crippen LogP contribution in [0.2, 0.25) is 0 Å². The van der Waals surface area contributed by atoms with Crippen molar-refractivity contribution in [2.24, 2.45) is 0 Å². The Hall–Kier alpha value is -2.29. The van der Waals surface area contributed by atoms with Crippen LogP contribution in [0.1, 0.15) is 25.4 Å². The van der Waals surface area contributed by atoms with Crippen LogP contribution >= 0.6 is 0 Å². The van der Waals surface area contributed by atoms with Crippen LogP contribution in [0.3, 0.4) is 0 Å². The third-order valence-electron chi connectivity index (χ3n) is 2.24. The summed E-state index contributed by atoms with van der Waals surface area (Å²) in [6.07, 6.45) is 1.50. The van der Waals surface area contributed by atoms with Crippen molar-refractivity contribution in [1.29, 1.82) is 0 Å². The minimum absolute atomic E-state index is 0.0327. The second kappa shape index (κ2) is 4.76. The fraction of sp³-hybridized carbons (Fsp3) is 0.500. The summed E-state index contributed by atoms with van der Waals surface area (Å²) in [5.41, 5.74) is -0.716. The number of nitrogens with zero attached hydrogens (tertiary/aromatic N) is 5. The highest BCUT2D eigenvalue weighted by Crippen LogP contribution is 2.15.